The number of hydrogen-bond donors (Lipinski definition) is 2. The molecule has 1 aromatic carbocycles. The van der Waals surface area contributed by atoms with Crippen LogP contribution in [0.15, 0.2) is 18.2 Å². The molecule has 0 radical (unpaired) electrons. The first kappa shape index (κ1) is 17.1. The summed E-state index contributed by atoms with van der Waals surface area (Å²) in [7, 11) is 1.49. The second-order valence-electron chi connectivity index (χ2n) is 4.39. The molecule has 114 valence electrons. The number of rotatable bonds is 7. The Kier molecular flexibility index (Phi) is 6.58. The van der Waals surface area contributed by atoms with Gasteiger partial charge in [0.25, 0.3) is 0 Å². The summed E-state index contributed by atoms with van der Waals surface area (Å²) in [6.07, 6.45) is -3.17. The highest BCUT2D eigenvalue weighted by atomic mass is 35.5. The Balaban J connectivity index is 2.98. The summed E-state index contributed by atoms with van der Waals surface area (Å²) in [6.45, 7) is 0.749. The third-order valence-corrected chi connectivity index (χ3v) is 3.11. The van der Waals surface area contributed by atoms with Crippen molar-refractivity contribution in [2.24, 2.45) is 5.73 Å². The van der Waals surface area contributed by atoms with E-state index in [9.17, 15) is 13.2 Å². The van der Waals surface area contributed by atoms with E-state index >= 15 is 0 Å². The molecule has 0 amide bonds. The van der Waals surface area contributed by atoms with Gasteiger partial charge in [-0.2, -0.15) is 13.2 Å². The topological polar surface area (TPSA) is 47.3 Å². The summed E-state index contributed by atoms with van der Waals surface area (Å²) >= 11 is 5.89. The van der Waals surface area contributed by atoms with Crippen LogP contribution in [0.5, 0.6) is 0 Å². The number of benzene rings is 1. The van der Waals surface area contributed by atoms with Gasteiger partial charge >= 0.3 is 6.18 Å². The van der Waals surface area contributed by atoms with Crippen LogP contribution in [0.1, 0.15) is 18.4 Å². The largest absolute Gasteiger partial charge is 0.418 e. The lowest BCUT2D eigenvalue weighted by molar-refractivity contribution is -0.137. The maximum Gasteiger partial charge on any atom is 0.418 e. The van der Waals surface area contributed by atoms with Gasteiger partial charge in [0.05, 0.1) is 22.9 Å². The highest BCUT2D eigenvalue weighted by Gasteiger charge is 2.34. The van der Waals surface area contributed by atoms with E-state index in [1.807, 2.05) is 0 Å². The number of methoxy groups -OCH3 is 1. The van der Waals surface area contributed by atoms with Crippen molar-refractivity contribution >= 4 is 17.3 Å². The van der Waals surface area contributed by atoms with Crippen molar-refractivity contribution in [1.29, 1.82) is 0 Å². The SMILES string of the molecule is COCC(CCCN)Nc1c(Cl)cccc1C(F)(F)F. The van der Waals surface area contributed by atoms with Crippen LogP contribution in [-0.2, 0) is 10.9 Å². The van der Waals surface area contributed by atoms with Crippen molar-refractivity contribution < 1.29 is 17.9 Å². The number of nitrogens with one attached hydrogen (secondary N) is 1. The number of alkyl halides is 3. The van der Waals surface area contributed by atoms with Crippen LogP contribution in [0, 0.1) is 0 Å². The first-order valence-electron chi connectivity index (χ1n) is 6.21. The number of ether oxygens (including phenoxy) is 1. The van der Waals surface area contributed by atoms with Gasteiger partial charge in [-0.25, -0.2) is 0 Å². The second kappa shape index (κ2) is 7.71. The highest BCUT2D eigenvalue weighted by molar-refractivity contribution is 6.33. The number of halogens is 4. The summed E-state index contributed by atoms with van der Waals surface area (Å²) in [5, 5.41) is 2.86. The van der Waals surface area contributed by atoms with E-state index in [0.717, 1.165) is 6.07 Å². The highest BCUT2D eigenvalue weighted by Crippen LogP contribution is 2.38. The lowest BCUT2D eigenvalue weighted by atomic mass is 10.1. The van der Waals surface area contributed by atoms with Crippen molar-refractivity contribution in [1.82, 2.24) is 0 Å². The fraction of sp³-hybridized carbons (Fsp3) is 0.538. The van der Waals surface area contributed by atoms with Gasteiger partial charge < -0.3 is 15.8 Å². The summed E-state index contributed by atoms with van der Waals surface area (Å²) < 4.78 is 43.9. The van der Waals surface area contributed by atoms with Gasteiger partial charge in [-0.15, -0.1) is 0 Å². The molecule has 0 aliphatic rings. The van der Waals surface area contributed by atoms with E-state index in [1.54, 1.807) is 0 Å². The number of para-hydroxylation sites is 1. The number of nitrogens with two attached hydrogens (primary N) is 1. The summed E-state index contributed by atoms with van der Waals surface area (Å²) in [6, 6.07) is 3.43. The van der Waals surface area contributed by atoms with Gasteiger partial charge in [-0.3, -0.25) is 0 Å². The van der Waals surface area contributed by atoms with E-state index < -0.39 is 11.7 Å². The van der Waals surface area contributed by atoms with Gasteiger partial charge in [0.15, 0.2) is 0 Å². The molecule has 0 aromatic heterocycles. The number of hydrogen-bond acceptors (Lipinski definition) is 3. The van der Waals surface area contributed by atoms with E-state index in [2.05, 4.69) is 5.32 Å². The van der Waals surface area contributed by atoms with Gasteiger partial charge in [0.1, 0.15) is 0 Å². The Morgan fingerprint density at radius 2 is 2.10 bits per heavy atom. The van der Waals surface area contributed by atoms with Crippen molar-refractivity contribution in [2.45, 2.75) is 25.1 Å². The monoisotopic (exact) mass is 310 g/mol. The lowest BCUT2D eigenvalue weighted by Gasteiger charge is -2.22. The van der Waals surface area contributed by atoms with Crippen LogP contribution >= 0.6 is 11.6 Å². The van der Waals surface area contributed by atoms with Crippen molar-refractivity contribution in [3.05, 3.63) is 28.8 Å². The Hall–Kier alpha value is -0.980. The quantitative estimate of drug-likeness (QED) is 0.810. The maximum absolute atomic E-state index is 13.0. The Bertz CT molecular complexity index is 427. The molecule has 3 N–H and O–H groups in total. The minimum Gasteiger partial charge on any atom is -0.383 e. The van der Waals surface area contributed by atoms with Crippen LogP contribution in [0.2, 0.25) is 5.02 Å². The minimum atomic E-state index is -4.46. The van der Waals surface area contributed by atoms with E-state index in [-0.39, 0.29) is 23.4 Å². The van der Waals surface area contributed by atoms with Crippen LogP contribution in [0.4, 0.5) is 18.9 Å². The minimum absolute atomic E-state index is 0.0358. The average Bonchev–Trinajstić information content (AvgIpc) is 2.37. The van der Waals surface area contributed by atoms with E-state index in [1.165, 1.54) is 19.2 Å². The molecule has 1 aromatic rings. The average molecular weight is 311 g/mol. The second-order valence-corrected chi connectivity index (χ2v) is 4.79. The van der Waals surface area contributed by atoms with Crippen LogP contribution in [0.3, 0.4) is 0 Å². The summed E-state index contributed by atoms with van der Waals surface area (Å²) in [5.41, 5.74) is 4.53. The smallest absolute Gasteiger partial charge is 0.383 e. The van der Waals surface area contributed by atoms with Crippen LogP contribution in [-0.4, -0.2) is 26.3 Å². The van der Waals surface area contributed by atoms with Gasteiger partial charge in [-0.05, 0) is 31.5 Å². The molecular weight excluding hydrogens is 293 g/mol. The molecule has 3 nitrogen and oxygen atoms in total. The summed E-state index contributed by atoms with van der Waals surface area (Å²) in [4.78, 5) is 0. The molecule has 0 saturated heterocycles. The molecule has 1 rings (SSSR count). The molecule has 0 bridgehead atoms. The zero-order chi connectivity index (χ0) is 15.2. The van der Waals surface area contributed by atoms with Gasteiger partial charge in [-0.1, -0.05) is 17.7 Å². The van der Waals surface area contributed by atoms with Gasteiger partial charge in [0.2, 0.25) is 0 Å². The van der Waals surface area contributed by atoms with Crippen molar-refractivity contribution in [3.8, 4) is 0 Å². The predicted octanol–water partition coefficient (Wildman–Crippen LogP) is 3.52. The third kappa shape index (κ3) is 4.85. The predicted molar refractivity (Wildman–Crippen MR) is 74.0 cm³/mol. The maximum atomic E-state index is 13.0. The first-order chi connectivity index (χ1) is 9.40. The molecule has 0 spiro atoms. The molecule has 1 atom stereocenters. The van der Waals surface area contributed by atoms with Crippen LogP contribution in [0.25, 0.3) is 0 Å². The zero-order valence-electron chi connectivity index (χ0n) is 11.1. The molecule has 7 heteroatoms. The summed E-state index contributed by atoms with van der Waals surface area (Å²) in [5.74, 6) is 0. The molecule has 1 unspecified atom stereocenters. The molecular formula is C13H18ClF3N2O. The van der Waals surface area contributed by atoms with Gasteiger partial charge in [0, 0.05) is 13.2 Å². The van der Waals surface area contributed by atoms with E-state index in [0.29, 0.717) is 19.4 Å². The molecule has 0 aliphatic carbocycles. The van der Waals surface area contributed by atoms with Crippen molar-refractivity contribution in [3.63, 3.8) is 0 Å². The normalized spacial score (nSPS) is 13.3. The molecule has 0 saturated carbocycles. The Morgan fingerprint density at radius 3 is 2.65 bits per heavy atom. The third-order valence-electron chi connectivity index (χ3n) is 2.79. The number of anilines is 1. The Morgan fingerprint density at radius 1 is 1.40 bits per heavy atom. The fourth-order valence-electron chi connectivity index (χ4n) is 1.87. The first-order valence-corrected chi connectivity index (χ1v) is 6.59. The lowest BCUT2D eigenvalue weighted by Crippen LogP contribution is -2.27. The van der Waals surface area contributed by atoms with E-state index in [4.69, 9.17) is 22.1 Å². The molecule has 20 heavy (non-hydrogen) atoms. The van der Waals surface area contributed by atoms with Crippen LogP contribution < -0.4 is 11.1 Å². The zero-order valence-corrected chi connectivity index (χ0v) is 11.9. The molecule has 0 fully saturated rings. The molecule has 0 aliphatic heterocycles. The Labute approximate surface area is 121 Å². The molecule has 0 heterocycles. The fourth-order valence-corrected chi connectivity index (χ4v) is 2.10. The van der Waals surface area contributed by atoms with Crippen molar-refractivity contribution in [2.75, 3.05) is 25.6 Å². The standard InChI is InChI=1S/C13H18ClF3N2O/c1-20-8-9(4-3-7-18)19-12-10(13(15,16)17)5-2-6-11(12)14/h2,5-6,9,19H,3-4,7-8,18H2,1H3.